The van der Waals surface area contributed by atoms with E-state index < -0.39 is 57.0 Å². The first-order valence-corrected chi connectivity index (χ1v) is 11.9. The summed E-state index contributed by atoms with van der Waals surface area (Å²) in [4.78, 5) is 68.3. The number of rotatable bonds is 13. The highest BCUT2D eigenvalue weighted by Gasteiger charge is 2.26. The number of amides is 1. The van der Waals surface area contributed by atoms with Crippen molar-refractivity contribution in [1.29, 1.82) is 0 Å². The van der Waals surface area contributed by atoms with E-state index in [1.165, 1.54) is 0 Å². The summed E-state index contributed by atoms with van der Waals surface area (Å²) in [7, 11) is -4.64. The highest BCUT2D eigenvalue weighted by atomic mass is 31.2. The van der Waals surface area contributed by atoms with Crippen LogP contribution in [0.1, 0.15) is 44.3 Å². The number of carbonyl (C=O) groups is 4. The predicted octanol–water partition coefficient (Wildman–Crippen LogP) is -2.91. The van der Waals surface area contributed by atoms with Crippen molar-refractivity contribution in [3.8, 4) is 0 Å². The van der Waals surface area contributed by atoms with Crippen LogP contribution in [0.25, 0.3) is 0 Å². The third-order valence-corrected chi connectivity index (χ3v) is 3.76. The average molecular weight is 562 g/mol. The van der Waals surface area contributed by atoms with Crippen LogP contribution in [0.5, 0.6) is 0 Å². The maximum Gasteiger partial charge on any atom is 0.466 e. The second-order valence-corrected chi connectivity index (χ2v) is 7.84. The Morgan fingerprint density at radius 2 is 1.68 bits per heavy atom. The quantitative estimate of drug-likeness (QED) is 0.0650. The highest BCUT2D eigenvalue weighted by Crippen LogP contribution is 2.25. The monoisotopic (exact) mass is 562 g/mol. The normalized spacial score (nSPS) is 13.4. The third kappa shape index (κ3) is 24.5. The number of unbranched alkanes of at least 4 members (excludes halogenated alkanes) is 2. The van der Waals surface area contributed by atoms with E-state index in [9.17, 15) is 14.4 Å². The van der Waals surface area contributed by atoms with Gasteiger partial charge >= 0.3 is 19.8 Å². The van der Waals surface area contributed by atoms with Crippen molar-refractivity contribution in [1.82, 2.24) is 9.97 Å². The van der Waals surface area contributed by atoms with Crippen molar-refractivity contribution in [3.05, 3.63) is 12.0 Å². The lowest BCUT2D eigenvalue weighted by molar-refractivity contribution is -0.145. The number of aliphatic hydroxyl groups is 4. The molecule has 1 aromatic rings. The van der Waals surface area contributed by atoms with Gasteiger partial charge in [-0.05, 0) is 6.42 Å². The molecule has 0 fully saturated rings. The van der Waals surface area contributed by atoms with Gasteiger partial charge in [0.05, 0.1) is 13.0 Å². The molecule has 37 heavy (non-hydrogen) atoms. The van der Waals surface area contributed by atoms with Gasteiger partial charge in [0.2, 0.25) is 6.41 Å². The molecule has 19 heteroatoms. The fourth-order valence-corrected chi connectivity index (χ4v) is 2.09. The van der Waals surface area contributed by atoms with Crippen molar-refractivity contribution in [2.24, 2.45) is 5.73 Å². The molecule has 0 aliphatic heterocycles. The summed E-state index contributed by atoms with van der Waals surface area (Å²) in [6.07, 6.45) is -0.0737. The van der Waals surface area contributed by atoms with Crippen LogP contribution in [0.15, 0.2) is 6.20 Å². The molecule has 0 aromatic carbocycles. The van der Waals surface area contributed by atoms with Crippen molar-refractivity contribution in [3.63, 3.8) is 0 Å². The minimum atomic E-state index is -4.64. The molecule has 18 nitrogen and oxygen atoms in total. The summed E-state index contributed by atoms with van der Waals surface area (Å²) in [5.41, 5.74) is 4.17. The molecule has 0 aliphatic rings. The number of aliphatic hydroxyl groups excluding tert-OH is 4. The van der Waals surface area contributed by atoms with Crippen LogP contribution in [-0.4, -0.2) is 111 Å². The number of hydrogen-bond donors (Lipinski definition) is 12. The number of imidazole rings is 1. The molecular formula is C18H35N4O14P. The maximum atomic E-state index is 11.0. The lowest BCUT2D eigenvalue weighted by atomic mass is 10.1. The Morgan fingerprint density at radius 1 is 1.16 bits per heavy atom. The second-order valence-electron chi connectivity index (χ2n) is 6.81. The van der Waals surface area contributed by atoms with Crippen LogP contribution < -0.4 is 11.1 Å². The molecule has 1 rings (SSSR count). The smallest absolute Gasteiger partial charge is 0.466 e. The number of aromatic nitrogens is 2. The molecule has 0 radical (unpaired) electrons. The molecular weight excluding hydrogens is 527 g/mol. The Bertz CT molecular complexity index is 810. The van der Waals surface area contributed by atoms with E-state index in [0.717, 1.165) is 25.8 Å². The number of hydrogen-bond acceptors (Lipinski definition) is 11. The molecule has 1 heterocycles. The summed E-state index contributed by atoms with van der Waals surface area (Å²) >= 11 is 0. The molecule has 4 unspecified atom stereocenters. The largest absolute Gasteiger partial charge is 0.481 e. The molecule has 0 aliphatic carbocycles. The van der Waals surface area contributed by atoms with Gasteiger partial charge in [-0.2, -0.15) is 0 Å². The molecule has 0 saturated heterocycles. The molecule has 1 amide bonds. The Morgan fingerprint density at radius 3 is 2.05 bits per heavy atom. The maximum absolute atomic E-state index is 11.0. The standard InChI is InChI=1S/C12H19N3O4.C5H10O5.CH3NO.H3O4P/c1-2-3-4-5-13-9-7-14-11(15-9)8(12(18)19)6-10(16)17;6-1-3(8)5(10)4(9)2-7;2-1-3;1-5(2,3)4/h7-8,13H,2-6H2,1H3,(H,14,15)(H,16,17)(H,18,19);1,3-5,7-10H,2H2;1H,(H2,2,3);(H3,1,2,3,4). The number of nitrogens with one attached hydrogen (secondary N) is 2. The number of H-pyrrole nitrogens is 1. The number of anilines is 1. The van der Waals surface area contributed by atoms with E-state index >= 15 is 0 Å². The number of carbonyl (C=O) groups excluding carboxylic acids is 2. The zero-order chi connectivity index (χ0) is 29.6. The SMILES string of the molecule is CCCCCNc1c[nH]c(C(CC(=O)O)C(=O)O)n1.NC=O.O=CC(O)C(O)C(O)CO.O=P(O)(O)O. The molecule has 1 aromatic heterocycles. The van der Waals surface area contributed by atoms with Gasteiger partial charge in [0.1, 0.15) is 35.9 Å². The van der Waals surface area contributed by atoms with E-state index in [2.05, 4.69) is 27.9 Å². The predicted molar refractivity (Wildman–Crippen MR) is 125 cm³/mol. The number of aldehydes is 1. The summed E-state index contributed by atoms with van der Waals surface area (Å²) in [5, 5.41) is 54.8. The van der Waals surface area contributed by atoms with Crippen molar-refractivity contribution < 1.29 is 69.1 Å². The van der Waals surface area contributed by atoms with Crippen LogP contribution in [0.2, 0.25) is 0 Å². The molecule has 0 saturated carbocycles. The molecule has 0 spiro atoms. The summed E-state index contributed by atoms with van der Waals surface area (Å²) in [5.74, 6) is -2.81. The molecule has 13 N–H and O–H groups in total. The zero-order valence-electron chi connectivity index (χ0n) is 19.8. The van der Waals surface area contributed by atoms with E-state index in [1.54, 1.807) is 6.20 Å². The van der Waals surface area contributed by atoms with Gasteiger partial charge in [-0.1, -0.05) is 19.8 Å². The lowest BCUT2D eigenvalue weighted by Crippen LogP contribution is -2.40. The fraction of sp³-hybridized carbons (Fsp3) is 0.611. The van der Waals surface area contributed by atoms with Gasteiger partial charge in [-0.25, -0.2) is 9.55 Å². The third-order valence-electron chi connectivity index (χ3n) is 3.76. The lowest BCUT2D eigenvalue weighted by Gasteiger charge is -2.16. The minimum Gasteiger partial charge on any atom is -0.481 e. The first-order chi connectivity index (χ1) is 17.1. The Hall–Kier alpha value is -2.96. The van der Waals surface area contributed by atoms with Crippen LogP contribution in [0, 0.1) is 0 Å². The average Bonchev–Trinajstić information content (AvgIpc) is 3.26. The number of aromatic amines is 1. The van der Waals surface area contributed by atoms with Gasteiger partial charge in [0.25, 0.3) is 0 Å². The highest BCUT2D eigenvalue weighted by molar-refractivity contribution is 7.45. The van der Waals surface area contributed by atoms with Gasteiger partial charge in [-0.15, -0.1) is 0 Å². The van der Waals surface area contributed by atoms with Crippen molar-refractivity contribution in [2.45, 2.75) is 56.8 Å². The van der Waals surface area contributed by atoms with Gasteiger partial charge < -0.3 is 66.1 Å². The van der Waals surface area contributed by atoms with Gasteiger partial charge in [0, 0.05) is 12.7 Å². The van der Waals surface area contributed by atoms with Crippen LogP contribution >= 0.6 is 7.82 Å². The van der Waals surface area contributed by atoms with E-state index in [-0.39, 0.29) is 18.5 Å². The minimum absolute atomic E-state index is 0.0869. The zero-order valence-corrected chi connectivity index (χ0v) is 20.7. The Labute approximate surface area is 211 Å². The molecule has 4 atom stereocenters. The van der Waals surface area contributed by atoms with Crippen molar-refractivity contribution in [2.75, 3.05) is 18.5 Å². The number of nitrogens with two attached hydrogens (primary N) is 1. The van der Waals surface area contributed by atoms with Crippen LogP contribution in [-0.2, 0) is 23.7 Å². The summed E-state index contributed by atoms with van der Waals surface area (Å²) < 4.78 is 8.88. The first kappa shape index (κ1) is 38.6. The fourth-order valence-electron chi connectivity index (χ4n) is 2.09. The first-order valence-electron chi connectivity index (χ1n) is 10.4. The topological polar surface area (TPSA) is 334 Å². The summed E-state index contributed by atoms with van der Waals surface area (Å²) in [6.45, 7) is 2.18. The number of primary amides is 1. The number of phosphoric acid groups is 1. The number of aliphatic carboxylic acids is 2. The Kier molecular flexibility index (Phi) is 23.2. The molecule has 216 valence electrons. The van der Waals surface area contributed by atoms with Crippen LogP contribution in [0.3, 0.4) is 0 Å². The van der Waals surface area contributed by atoms with E-state index in [4.69, 9.17) is 54.7 Å². The number of nitrogens with zero attached hydrogens (tertiary/aromatic N) is 1. The van der Waals surface area contributed by atoms with Gasteiger partial charge in [0.15, 0.2) is 6.29 Å². The second kappa shape index (κ2) is 22.3. The van der Waals surface area contributed by atoms with Gasteiger partial charge in [-0.3, -0.25) is 14.4 Å². The molecule has 0 bridgehead atoms. The van der Waals surface area contributed by atoms with Crippen molar-refractivity contribution >= 4 is 38.3 Å². The Balaban J connectivity index is -0.000000535. The van der Waals surface area contributed by atoms with Crippen LogP contribution in [0.4, 0.5) is 5.82 Å². The number of carboxylic acids is 2. The summed E-state index contributed by atoms with van der Waals surface area (Å²) in [6, 6.07) is 0. The van der Waals surface area contributed by atoms with E-state index in [1.807, 2.05) is 0 Å². The van der Waals surface area contributed by atoms with E-state index in [0.29, 0.717) is 5.82 Å². The number of carboxylic acid groups (broad SMARTS) is 2.